The van der Waals surface area contributed by atoms with Gasteiger partial charge in [0.05, 0.1) is 16.2 Å². The largest absolute Gasteiger partial charge is 0.378 e. The van der Waals surface area contributed by atoms with Gasteiger partial charge >= 0.3 is 0 Å². The number of Topliss-reactive ketones (excluding diaryl/α,β-unsaturated/α-hetero) is 1. The molecule has 0 aliphatic heterocycles. The molecule has 1 saturated carbocycles. The van der Waals surface area contributed by atoms with Crippen LogP contribution in [0.3, 0.4) is 0 Å². The maximum absolute atomic E-state index is 13.7. The average Bonchev–Trinajstić information content (AvgIpc) is 2.28. The van der Waals surface area contributed by atoms with E-state index in [1.807, 2.05) is 0 Å². The number of ether oxygens (including phenoxy) is 1. The molecule has 0 bridgehead atoms. The third kappa shape index (κ3) is 2.60. The molecule has 0 amide bonds. The average molecular weight is 336 g/mol. The van der Waals surface area contributed by atoms with Crippen molar-refractivity contribution in [1.29, 1.82) is 0 Å². The number of methoxy groups -OCH3 is 1. The van der Waals surface area contributed by atoms with Gasteiger partial charge in [-0.25, -0.2) is 4.39 Å². The predicted octanol–water partition coefficient (Wildman–Crippen LogP) is 4.38. The lowest BCUT2D eigenvalue weighted by Crippen LogP contribution is -2.41. The van der Waals surface area contributed by atoms with E-state index in [4.69, 9.17) is 16.3 Å². The summed E-state index contributed by atoms with van der Waals surface area (Å²) >= 11 is 9.01. The summed E-state index contributed by atoms with van der Waals surface area (Å²) in [5.41, 5.74) is -0.366. The minimum atomic E-state index is -0.554. The van der Waals surface area contributed by atoms with E-state index < -0.39 is 11.4 Å². The van der Waals surface area contributed by atoms with Gasteiger partial charge in [0, 0.05) is 18.0 Å². The maximum atomic E-state index is 13.7. The highest BCUT2D eigenvalue weighted by molar-refractivity contribution is 9.10. The molecule has 0 atom stereocenters. The van der Waals surface area contributed by atoms with Gasteiger partial charge in [-0.3, -0.25) is 4.79 Å². The molecule has 98 valence electrons. The Hall–Kier alpha value is -0.450. The van der Waals surface area contributed by atoms with Gasteiger partial charge < -0.3 is 4.74 Å². The van der Waals surface area contributed by atoms with Crippen LogP contribution < -0.4 is 0 Å². The maximum Gasteiger partial charge on any atom is 0.168 e. The van der Waals surface area contributed by atoms with E-state index in [9.17, 15) is 9.18 Å². The van der Waals surface area contributed by atoms with Gasteiger partial charge in [-0.15, -0.1) is 0 Å². The molecule has 1 aromatic rings. The van der Waals surface area contributed by atoms with Crippen LogP contribution in [0.4, 0.5) is 4.39 Å². The molecule has 1 aromatic carbocycles. The highest BCUT2D eigenvalue weighted by atomic mass is 79.9. The summed E-state index contributed by atoms with van der Waals surface area (Å²) in [5.74, 6) is -0.815. The summed E-state index contributed by atoms with van der Waals surface area (Å²) in [4.78, 5) is 12.1. The van der Waals surface area contributed by atoms with Crippen molar-refractivity contribution >= 4 is 33.3 Å². The first-order valence-electron chi connectivity index (χ1n) is 5.70. The molecular weight excluding hydrogens is 322 g/mol. The van der Waals surface area contributed by atoms with Gasteiger partial charge in [-0.2, -0.15) is 0 Å². The molecule has 1 aliphatic carbocycles. The second-order valence-electron chi connectivity index (χ2n) is 4.59. The first kappa shape index (κ1) is 14.0. The highest BCUT2D eigenvalue weighted by Crippen LogP contribution is 2.39. The van der Waals surface area contributed by atoms with Gasteiger partial charge in [0.25, 0.3) is 0 Å². The van der Waals surface area contributed by atoms with Crippen LogP contribution >= 0.6 is 27.5 Å². The second-order valence-corrected chi connectivity index (χ2v) is 5.85. The molecule has 0 radical (unpaired) electrons. The molecule has 0 aromatic heterocycles. The number of halogens is 3. The van der Waals surface area contributed by atoms with Crippen LogP contribution in [0.25, 0.3) is 0 Å². The summed E-state index contributed by atoms with van der Waals surface area (Å²) in [6.45, 7) is 0. The van der Waals surface area contributed by atoms with Gasteiger partial charge in [-0.1, -0.05) is 11.6 Å². The Kier molecular flexibility index (Phi) is 4.09. The standard InChI is InChI=1S/C13H13BrClFO2/c1-18-13(3-2-4-13)7-12(17)8-5-10(15)9(14)6-11(8)16/h5-6H,2-4,7H2,1H3. The fraction of sp³-hybridized carbons (Fsp3) is 0.462. The molecular formula is C13H13BrClFO2. The van der Waals surface area contributed by atoms with E-state index in [0.717, 1.165) is 19.3 Å². The van der Waals surface area contributed by atoms with Crippen LogP contribution in [0.1, 0.15) is 36.0 Å². The summed E-state index contributed by atoms with van der Waals surface area (Å²) in [6.07, 6.45) is 2.95. The molecule has 1 fully saturated rings. The quantitative estimate of drug-likeness (QED) is 0.603. The molecule has 0 heterocycles. The van der Waals surface area contributed by atoms with Gasteiger partial charge in [0.2, 0.25) is 0 Å². The molecule has 0 N–H and O–H groups in total. The van der Waals surface area contributed by atoms with Crippen LogP contribution in [0, 0.1) is 5.82 Å². The lowest BCUT2D eigenvalue weighted by Gasteiger charge is -2.40. The van der Waals surface area contributed by atoms with Crippen molar-refractivity contribution in [3.63, 3.8) is 0 Å². The SMILES string of the molecule is COC1(CC(=O)c2cc(Cl)c(Br)cc2F)CCC1. The fourth-order valence-electron chi connectivity index (χ4n) is 2.15. The first-order chi connectivity index (χ1) is 8.47. The summed E-state index contributed by atoms with van der Waals surface area (Å²) < 4.78 is 19.6. The molecule has 0 saturated heterocycles. The fourth-order valence-corrected chi connectivity index (χ4v) is 2.63. The Morgan fingerprint density at radius 2 is 2.22 bits per heavy atom. The third-order valence-corrected chi connectivity index (χ3v) is 4.69. The summed E-state index contributed by atoms with van der Waals surface area (Å²) in [6, 6.07) is 2.58. The van der Waals surface area contributed by atoms with Crippen molar-refractivity contribution in [2.75, 3.05) is 7.11 Å². The Morgan fingerprint density at radius 1 is 1.56 bits per heavy atom. The van der Waals surface area contributed by atoms with Crippen LogP contribution in [0.15, 0.2) is 16.6 Å². The Bertz CT molecular complexity index is 481. The third-order valence-electron chi connectivity index (χ3n) is 3.49. The number of hydrogen-bond donors (Lipinski definition) is 0. The minimum Gasteiger partial charge on any atom is -0.378 e. The van der Waals surface area contributed by atoms with Crippen LogP contribution in [-0.4, -0.2) is 18.5 Å². The predicted molar refractivity (Wildman–Crippen MR) is 71.6 cm³/mol. The molecule has 0 unspecified atom stereocenters. The molecule has 2 rings (SSSR count). The zero-order valence-corrected chi connectivity index (χ0v) is 12.3. The number of rotatable bonds is 4. The normalized spacial score (nSPS) is 17.3. The Balaban J connectivity index is 2.21. The number of carbonyl (C=O) groups excluding carboxylic acids is 1. The molecule has 18 heavy (non-hydrogen) atoms. The summed E-state index contributed by atoms with van der Waals surface area (Å²) in [5, 5.41) is 0.333. The smallest absolute Gasteiger partial charge is 0.168 e. The second kappa shape index (κ2) is 5.27. The minimum absolute atomic E-state index is 0.0338. The number of ketones is 1. The van der Waals surface area contributed by atoms with E-state index in [2.05, 4.69) is 15.9 Å². The van der Waals surface area contributed by atoms with Crippen molar-refractivity contribution in [3.8, 4) is 0 Å². The van der Waals surface area contributed by atoms with Crippen LogP contribution in [-0.2, 0) is 4.74 Å². The summed E-state index contributed by atoms with van der Waals surface area (Å²) in [7, 11) is 1.59. The topological polar surface area (TPSA) is 26.3 Å². The van der Waals surface area contributed by atoms with E-state index in [1.54, 1.807) is 7.11 Å². The van der Waals surface area contributed by atoms with Gasteiger partial charge in [0.1, 0.15) is 5.82 Å². The van der Waals surface area contributed by atoms with Gasteiger partial charge in [0.15, 0.2) is 5.78 Å². The number of benzene rings is 1. The Labute approximate surface area is 119 Å². The molecule has 1 aliphatic rings. The lowest BCUT2D eigenvalue weighted by molar-refractivity contribution is -0.0705. The highest BCUT2D eigenvalue weighted by Gasteiger charge is 2.39. The number of hydrogen-bond acceptors (Lipinski definition) is 2. The number of carbonyl (C=O) groups is 1. The molecule has 0 spiro atoms. The van der Waals surface area contributed by atoms with E-state index >= 15 is 0 Å². The first-order valence-corrected chi connectivity index (χ1v) is 6.87. The zero-order valence-electron chi connectivity index (χ0n) is 9.93. The van der Waals surface area contributed by atoms with Crippen molar-refractivity contribution in [3.05, 3.63) is 33.0 Å². The van der Waals surface area contributed by atoms with Crippen molar-refractivity contribution in [2.45, 2.75) is 31.3 Å². The van der Waals surface area contributed by atoms with E-state index in [1.165, 1.54) is 12.1 Å². The van der Waals surface area contributed by atoms with Gasteiger partial charge in [-0.05, 0) is 47.3 Å². The van der Waals surface area contributed by atoms with Crippen molar-refractivity contribution in [1.82, 2.24) is 0 Å². The van der Waals surface area contributed by atoms with Crippen LogP contribution in [0.5, 0.6) is 0 Å². The van der Waals surface area contributed by atoms with E-state index in [0.29, 0.717) is 9.50 Å². The monoisotopic (exact) mass is 334 g/mol. The lowest BCUT2D eigenvalue weighted by atomic mass is 9.76. The van der Waals surface area contributed by atoms with Crippen molar-refractivity contribution in [2.24, 2.45) is 0 Å². The zero-order chi connectivity index (χ0) is 13.3. The molecule has 2 nitrogen and oxygen atoms in total. The van der Waals surface area contributed by atoms with Crippen molar-refractivity contribution < 1.29 is 13.9 Å². The molecule has 5 heteroatoms. The Morgan fingerprint density at radius 3 is 2.72 bits per heavy atom. The van der Waals surface area contributed by atoms with E-state index in [-0.39, 0.29) is 17.8 Å². The van der Waals surface area contributed by atoms with Crippen LogP contribution in [0.2, 0.25) is 5.02 Å².